The summed E-state index contributed by atoms with van der Waals surface area (Å²) >= 11 is 1.90. The summed E-state index contributed by atoms with van der Waals surface area (Å²) < 4.78 is 1.69. The van der Waals surface area contributed by atoms with Gasteiger partial charge in [-0.25, -0.2) is 9.48 Å². The van der Waals surface area contributed by atoms with E-state index in [2.05, 4.69) is 31.4 Å². The van der Waals surface area contributed by atoms with E-state index < -0.39 is 0 Å². The lowest BCUT2D eigenvalue weighted by atomic mass is 9.85. The van der Waals surface area contributed by atoms with E-state index in [1.165, 1.54) is 5.06 Å². The molecule has 0 aliphatic carbocycles. The van der Waals surface area contributed by atoms with Gasteiger partial charge in [0.25, 0.3) is 0 Å². The highest BCUT2D eigenvalue weighted by molar-refractivity contribution is 8.00. The normalized spacial score (nSPS) is 29.4. The van der Waals surface area contributed by atoms with Crippen molar-refractivity contribution in [2.24, 2.45) is 5.16 Å². The Bertz CT molecular complexity index is 942. The molecule has 0 spiro atoms. The summed E-state index contributed by atoms with van der Waals surface area (Å²) in [5.74, 6) is 0.968. The van der Waals surface area contributed by atoms with Crippen molar-refractivity contribution in [3.05, 3.63) is 11.9 Å². The molecule has 12 nitrogen and oxygen atoms in total. The fourth-order valence-electron chi connectivity index (χ4n) is 5.60. The number of fused-ring (bicyclic) bond motifs is 3. The van der Waals surface area contributed by atoms with Crippen LogP contribution in [0.1, 0.15) is 63.5 Å². The van der Waals surface area contributed by atoms with Crippen LogP contribution in [0.15, 0.2) is 11.4 Å². The first kappa shape index (κ1) is 25.3. The highest BCUT2D eigenvalue weighted by Crippen LogP contribution is 2.33. The van der Waals surface area contributed by atoms with Gasteiger partial charge in [0.2, 0.25) is 5.91 Å². The molecule has 1 aromatic rings. The Hall–Kier alpha value is -2.38. The van der Waals surface area contributed by atoms with Crippen LogP contribution in [0.25, 0.3) is 0 Å². The molecular weight excluding hydrogens is 484 g/mol. The summed E-state index contributed by atoms with van der Waals surface area (Å²) in [6, 6.07) is 0.737. The molecule has 13 heteroatoms. The van der Waals surface area contributed by atoms with Crippen molar-refractivity contribution in [2.45, 2.75) is 100 Å². The molecule has 4 N–H and O–H groups in total. The van der Waals surface area contributed by atoms with Crippen LogP contribution < -0.4 is 16.0 Å². The van der Waals surface area contributed by atoms with Gasteiger partial charge in [-0.3, -0.25) is 4.79 Å². The molecule has 5 heterocycles. The number of urea groups is 1. The Labute approximate surface area is 214 Å². The first-order valence-electron chi connectivity index (χ1n) is 13.0. The maximum Gasteiger partial charge on any atom is 0.315 e. The lowest BCUT2D eigenvalue weighted by Gasteiger charge is -2.41. The second kappa shape index (κ2) is 11.8. The minimum absolute atomic E-state index is 0.00943. The average molecular weight is 521 g/mol. The first-order chi connectivity index (χ1) is 17.5. The van der Waals surface area contributed by atoms with Crippen LogP contribution in [-0.4, -0.2) is 84.7 Å². The van der Waals surface area contributed by atoms with Crippen LogP contribution in [-0.2, 0) is 22.7 Å². The van der Waals surface area contributed by atoms with Crippen LogP contribution in [0.3, 0.4) is 0 Å². The maximum absolute atomic E-state index is 12.2. The molecule has 0 aromatic carbocycles. The van der Waals surface area contributed by atoms with Crippen LogP contribution in [0.4, 0.5) is 4.79 Å². The predicted octanol–water partition coefficient (Wildman–Crippen LogP) is 1.40. The Balaban J connectivity index is 0.935. The summed E-state index contributed by atoms with van der Waals surface area (Å²) in [4.78, 5) is 29.2. The molecule has 2 bridgehead atoms. The summed E-state index contributed by atoms with van der Waals surface area (Å²) in [5, 5.41) is 33.4. The number of hydrogen-bond acceptors (Lipinski definition) is 9. The second-order valence-electron chi connectivity index (χ2n) is 10.1. The maximum atomic E-state index is 12.2. The molecule has 5 atom stereocenters. The first-order valence-corrected chi connectivity index (χ1v) is 14.1. The summed E-state index contributed by atoms with van der Waals surface area (Å²) in [6.07, 6.45) is 9.77. The quantitative estimate of drug-likeness (QED) is 0.195. The van der Waals surface area contributed by atoms with Gasteiger partial charge in [0.1, 0.15) is 12.3 Å². The molecule has 0 saturated carbocycles. The standard InChI is InChI=1S/C23H36N8O4S/c32-21(7-2-1-6-20-22-19(14-36-20)25-23(33)26-22)24-12-16-13-30(29-27-16)8-9-35-28-15-10-17-4-3-5-18(11-15)31(17)34/h13,17-20,22,34H,1-12,14H2,(H,24,32)(H2,25,26,33)/t17?,18?,19-,20-,22-/m0/s1. The number of oxime groups is 1. The molecule has 36 heavy (non-hydrogen) atoms. The van der Waals surface area contributed by atoms with E-state index >= 15 is 0 Å². The zero-order valence-corrected chi connectivity index (χ0v) is 21.3. The van der Waals surface area contributed by atoms with Crippen LogP contribution in [0.2, 0.25) is 0 Å². The number of carbonyl (C=O) groups is 2. The lowest BCUT2D eigenvalue weighted by molar-refractivity contribution is -0.179. The SMILES string of the molecule is O=C(CCCC[C@@H]1SC[C@@H]2NC(=O)N[C@@H]21)NCc1cn(CCON=C2CC3CCCC(C2)N3O)nn1. The van der Waals surface area contributed by atoms with E-state index in [0.29, 0.717) is 37.1 Å². The highest BCUT2D eigenvalue weighted by Gasteiger charge is 2.42. The predicted molar refractivity (Wildman–Crippen MR) is 133 cm³/mol. The van der Waals surface area contributed by atoms with Crippen molar-refractivity contribution in [1.29, 1.82) is 0 Å². The molecule has 4 aliphatic heterocycles. The minimum Gasteiger partial charge on any atom is -0.394 e. The number of carbonyl (C=O) groups excluding carboxylic acids is 2. The number of unbranched alkanes of at least 4 members (excludes halogenated alkanes) is 1. The summed E-state index contributed by atoms with van der Waals surface area (Å²) in [7, 11) is 0. The smallest absolute Gasteiger partial charge is 0.315 e. The largest absolute Gasteiger partial charge is 0.394 e. The van der Waals surface area contributed by atoms with Crippen molar-refractivity contribution in [1.82, 2.24) is 36.0 Å². The average Bonchev–Trinajstić information content (AvgIpc) is 3.55. The van der Waals surface area contributed by atoms with Crippen molar-refractivity contribution in [3.8, 4) is 0 Å². The molecule has 4 aliphatic rings. The van der Waals surface area contributed by atoms with Gasteiger partial charge in [0.15, 0.2) is 0 Å². The Kier molecular flexibility index (Phi) is 8.27. The molecule has 1 aromatic heterocycles. The molecule has 2 unspecified atom stereocenters. The Morgan fingerprint density at radius 3 is 2.94 bits per heavy atom. The third-order valence-corrected chi connectivity index (χ3v) is 9.01. The monoisotopic (exact) mass is 520 g/mol. The van der Waals surface area contributed by atoms with Crippen molar-refractivity contribution in [3.63, 3.8) is 0 Å². The van der Waals surface area contributed by atoms with Crippen molar-refractivity contribution < 1.29 is 19.6 Å². The molecular formula is C23H36N8O4S. The summed E-state index contributed by atoms with van der Waals surface area (Å²) in [6.45, 7) is 1.26. The fourth-order valence-corrected chi connectivity index (χ4v) is 7.14. The van der Waals surface area contributed by atoms with Crippen LogP contribution in [0, 0.1) is 0 Å². The van der Waals surface area contributed by atoms with Gasteiger partial charge in [-0.15, -0.1) is 5.10 Å². The van der Waals surface area contributed by atoms with Crippen molar-refractivity contribution in [2.75, 3.05) is 12.4 Å². The van der Waals surface area contributed by atoms with E-state index in [-0.39, 0.29) is 36.1 Å². The van der Waals surface area contributed by atoms with Crippen LogP contribution >= 0.6 is 11.8 Å². The number of rotatable bonds is 11. The summed E-state index contributed by atoms with van der Waals surface area (Å²) in [5.41, 5.74) is 1.72. The van der Waals surface area contributed by atoms with E-state index in [1.54, 1.807) is 4.68 Å². The van der Waals surface area contributed by atoms with Gasteiger partial charge in [0, 0.05) is 42.3 Å². The number of aromatic nitrogens is 3. The second-order valence-corrected chi connectivity index (χ2v) is 11.4. The fraction of sp³-hybridized carbons (Fsp3) is 0.783. The molecule has 0 radical (unpaired) electrons. The number of hydrogen-bond donors (Lipinski definition) is 4. The van der Waals surface area contributed by atoms with Gasteiger partial charge in [-0.2, -0.15) is 16.8 Å². The number of amides is 3. The zero-order chi connectivity index (χ0) is 24.9. The molecule has 5 rings (SSSR count). The number of piperidine rings is 2. The molecule has 3 amide bonds. The molecule has 198 valence electrons. The number of hydroxylamine groups is 2. The van der Waals surface area contributed by atoms with E-state index in [9.17, 15) is 14.8 Å². The number of thioether (sulfide) groups is 1. The highest BCUT2D eigenvalue weighted by atomic mass is 32.2. The zero-order valence-electron chi connectivity index (χ0n) is 20.5. The number of nitrogens with zero attached hydrogens (tertiary/aromatic N) is 5. The van der Waals surface area contributed by atoms with Gasteiger partial charge in [0.05, 0.1) is 37.1 Å². The third-order valence-electron chi connectivity index (χ3n) is 7.50. The van der Waals surface area contributed by atoms with Gasteiger partial charge in [-0.1, -0.05) is 23.2 Å². The van der Waals surface area contributed by atoms with E-state index in [0.717, 1.165) is 62.8 Å². The van der Waals surface area contributed by atoms with Crippen LogP contribution in [0.5, 0.6) is 0 Å². The van der Waals surface area contributed by atoms with Crippen molar-refractivity contribution >= 4 is 29.4 Å². The third kappa shape index (κ3) is 6.30. The van der Waals surface area contributed by atoms with Gasteiger partial charge in [-0.05, 0) is 25.7 Å². The minimum atomic E-state index is -0.0606. The molecule has 4 fully saturated rings. The topological polar surface area (TPSA) is 146 Å². The van der Waals surface area contributed by atoms with E-state index in [1.807, 2.05) is 18.0 Å². The Morgan fingerprint density at radius 2 is 2.11 bits per heavy atom. The number of nitrogens with one attached hydrogen (secondary N) is 3. The van der Waals surface area contributed by atoms with Gasteiger partial charge >= 0.3 is 6.03 Å². The van der Waals surface area contributed by atoms with Gasteiger partial charge < -0.3 is 26.0 Å². The Morgan fingerprint density at radius 1 is 1.28 bits per heavy atom. The van der Waals surface area contributed by atoms with E-state index in [4.69, 9.17) is 4.84 Å². The lowest BCUT2D eigenvalue weighted by Crippen LogP contribution is -2.50. The molecule has 4 saturated heterocycles.